The number of rotatable bonds is 3. The Morgan fingerprint density at radius 2 is 1.78 bits per heavy atom. The van der Waals surface area contributed by atoms with Crippen LogP contribution in [0.2, 0.25) is 0 Å². The lowest BCUT2D eigenvalue weighted by molar-refractivity contribution is 0.0699. The SMILES string of the molecule is CC1CC(C)CN(CC(O)c2ccc(N)cc2)C1. The molecular formula is C15H24N2O. The van der Waals surface area contributed by atoms with E-state index in [1.807, 2.05) is 24.3 Å². The fraction of sp³-hybridized carbons (Fsp3) is 0.600. The molecule has 1 fully saturated rings. The van der Waals surface area contributed by atoms with E-state index in [1.54, 1.807) is 0 Å². The van der Waals surface area contributed by atoms with Gasteiger partial charge in [0.05, 0.1) is 6.10 Å². The molecule has 3 unspecified atom stereocenters. The van der Waals surface area contributed by atoms with Crippen molar-refractivity contribution in [3.63, 3.8) is 0 Å². The van der Waals surface area contributed by atoms with E-state index in [0.717, 1.165) is 42.7 Å². The molecule has 100 valence electrons. The number of nitrogens with two attached hydrogens (primary N) is 1. The van der Waals surface area contributed by atoms with Crippen LogP contribution in [-0.4, -0.2) is 29.6 Å². The van der Waals surface area contributed by atoms with Crippen molar-refractivity contribution in [2.75, 3.05) is 25.4 Å². The van der Waals surface area contributed by atoms with Crippen LogP contribution >= 0.6 is 0 Å². The Morgan fingerprint density at radius 3 is 2.33 bits per heavy atom. The second-order valence-corrected chi connectivity index (χ2v) is 5.85. The van der Waals surface area contributed by atoms with Gasteiger partial charge in [0.25, 0.3) is 0 Å². The summed E-state index contributed by atoms with van der Waals surface area (Å²) in [7, 11) is 0. The Bertz CT molecular complexity index is 367. The number of β-amino-alcohol motifs (C(OH)–C–C–N with tert-alkyl or cyclic N) is 1. The number of aliphatic hydroxyl groups excluding tert-OH is 1. The molecule has 3 N–H and O–H groups in total. The zero-order chi connectivity index (χ0) is 13.1. The maximum absolute atomic E-state index is 10.3. The molecule has 1 aliphatic heterocycles. The molecule has 18 heavy (non-hydrogen) atoms. The van der Waals surface area contributed by atoms with E-state index in [4.69, 9.17) is 5.73 Å². The van der Waals surface area contributed by atoms with Gasteiger partial charge in [0.15, 0.2) is 0 Å². The lowest BCUT2D eigenvalue weighted by Crippen LogP contribution is -2.40. The maximum Gasteiger partial charge on any atom is 0.0916 e. The first-order valence-corrected chi connectivity index (χ1v) is 6.80. The van der Waals surface area contributed by atoms with E-state index in [-0.39, 0.29) is 0 Å². The maximum atomic E-state index is 10.3. The zero-order valence-electron chi connectivity index (χ0n) is 11.3. The van der Waals surface area contributed by atoms with Crippen LogP contribution in [-0.2, 0) is 0 Å². The summed E-state index contributed by atoms with van der Waals surface area (Å²) in [6, 6.07) is 7.52. The fourth-order valence-corrected chi connectivity index (χ4v) is 3.01. The average molecular weight is 248 g/mol. The number of hydrogen-bond acceptors (Lipinski definition) is 3. The first-order valence-electron chi connectivity index (χ1n) is 6.80. The second-order valence-electron chi connectivity index (χ2n) is 5.85. The van der Waals surface area contributed by atoms with Crippen LogP contribution in [0.5, 0.6) is 0 Å². The van der Waals surface area contributed by atoms with Gasteiger partial charge in [0, 0.05) is 25.3 Å². The largest absolute Gasteiger partial charge is 0.399 e. The number of anilines is 1. The van der Waals surface area contributed by atoms with Crippen molar-refractivity contribution in [2.45, 2.75) is 26.4 Å². The topological polar surface area (TPSA) is 49.5 Å². The number of likely N-dealkylation sites (tertiary alicyclic amines) is 1. The van der Waals surface area contributed by atoms with Crippen LogP contribution < -0.4 is 5.73 Å². The van der Waals surface area contributed by atoms with Gasteiger partial charge >= 0.3 is 0 Å². The molecule has 2 rings (SSSR count). The smallest absolute Gasteiger partial charge is 0.0916 e. The van der Waals surface area contributed by atoms with Crippen LogP contribution in [0, 0.1) is 11.8 Å². The molecule has 1 heterocycles. The van der Waals surface area contributed by atoms with Crippen molar-refractivity contribution in [2.24, 2.45) is 11.8 Å². The predicted molar refractivity (Wildman–Crippen MR) is 75.2 cm³/mol. The molecule has 0 amide bonds. The van der Waals surface area contributed by atoms with Crippen molar-refractivity contribution in [1.82, 2.24) is 4.90 Å². The van der Waals surface area contributed by atoms with Gasteiger partial charge in [-0.1, -0.05) is 26.0 Å². The van der Waals surface area contributed by atoms with Gasteiger partial charge in [-0.3, -0.25) is 4.90 Å². The molecule has 1 aromatic rings. The highest BCUT2D eigenvalue weighted by molar-refractivity contribution is 5.39. The van der Waals surface area contributed by atoms with Crippen molar-refractivity contribution < 1.29 is 5.11 Å². The zero-order valence-corrected chi connectivity index (χ0v) is 11.3. The van der Waals surface area contributed by atoms with Crippen molar-refractivity contribution >= 4 is 5.69 Å². The summed E-state index contributed by atoms with van der Waals surface area (Å²) in [5.74, 6) is 1.46. The van der Waals surface area contributed by atoms with E-state index in [9.17, 15) is 5.11 Å². The van der Waals surface area contributed by atoms with Gasteiger partial charge < -0.3 is 10.8 Å². The molecule has 0 bridgehead atoms. The van der Waals surface area contributed by atoms with Gasteiger partial charge in [0.1, 0.15) is 0 Å². The van der Waals surface area contributed by atoms with E-state index in [2.05, 4.69) is 18.7 Å². The molecule has 1 aromatic carbocycles. The Balaban J connectivity index is 1.94. The third-order valence-corrected chi connectivity index (χ3v) is 3.70. The van der Waals surface area contributed by atoms with E-state index in [0.29, 0.717) is 0 Å². The number of hydrogen-bond donors (Lipinski definition) is 2. The minimum absolute atomic E-state index is 0.414. The van der Waals surface area contributed by atoms with Crippen LogP contribution in [0.4, 0.5) is 5.69 Å². The summed E-state index contributed by atoms with van der Waals surface area (Å²) in [4.78, 5) is 2.37. The van der Waals surface area contributed by atoms with Crippen LogP contribution in [0.1, 0.15) is 31.9 Å². The molecular weight excluding hydrogens is 224 g/mol. The molecule has 0 spiro atoms. The van der Waals surface area contributed by atoms with Gasteiger partial charge in [-0.05, 0) is 36.0 Å². The highest BCUT2D eigenvalue weighted by Gasteiger charge is 2.23. The molecule has 1 saturated heterocycles. The van der Waals surface area contributed by atoms with Crippen LogP contribution in [0.15, 0.2) is 24.3 Å². The molecule has 0 radical (unpaired) electrons. The minimum Gasteiger partial charge on any atom is -0.399 e. The summed E-state index contributed by atoms with van der Waals surface area (Å²) < 4.78 is 0. The van der Waals surface area contributed by atoms with Gasteiger partial charge in [0.2, 0.25) is 0 Å². The molecule has 1 aliphatic rings. The molecule has 3 heteroatoms. The highest BCUT2D eigenvalue weighted by Crippen LogP contribution is 2.23. The van der Waals surface area contributed by atoms with Gasteiger partial charge in [-0.15, -0.1) is 0 Å². The summed E-state index contributed by atoms with van der Waals surface area (Å²) in [6.45, 7) is 7.49. The van der Waals surface area contributed by atoms with E-state index < -0.39 is 6.10 Å². The third kappa shape index (κ3) is 3.47. The number of benzene rings is 1. The minimum atomic E-state index is -0.414. The average Bonchev–Trinajstić information content (AvgIpc) is 2.28. The molecule has 3 atom stereocenters. The number of aliphatic hydroxyl groups is 1. The van der Waals surface area contributed by atoms with E-state index >= 15 is 0 Å². The quantitative estimate of drug-likeness (QED) is 0.807. The molecule has 0 aromatic heterocycles. The molecule has 3 nitrogen and oxygen atoms in total. The monoisotopic (exact) mass is 248 g/mol. The highest BCUT2D eigenvalue weighted by atomic mass is 16.3. The lowest BCUT2D eigenvalue weighted by Gasteiger charge is -2.36. The molecule has 0 aliphatic carbocycles. The number of nitrogen functional groups attached to an aromatic ring is 1. The Labute approximate surface area is 110 Å². The van der Waals surface area contributed by atoms with E-state index in [1.165, 1.54) is 6.42 Å². The first kappa shape index (κ1) is 13.4. The summed E-state index contributed by atoms with van der Waals surface area (Å²) >= 11 is 0. The second kappa shape index (κ2) is 5.72. The number of nitrogens with zero attached hydrogens (tertiary/aromatic N) is 1. The first-order chi connectivity index (χ1) is 8.54. The van der Waals surface area contributed by atoms with Crippen molar-refractivity contribution in [3.05, 3.63) is 29.8 Å². The van der Waals surface area contributed by atoms with Gasteiger partial charge in [-0.25, -0.2) is 0 Å². The summed E-state index contributed by atoms with van der Waals surface area (Å²) in [5.41, 5.74) is 7.35. The van der Waals surface area contributed by atoms with Crippen molar-refractivity contribution in [3.8, 4) is 0 Å². The Morgan fingerprint density at radius 1 is 1.22 bits per heavy atom. The van der Waals surface area contributed by atoms with Crippen LogP contribution in [0.3, 0.4) is 0 Å². The standard InChI is InChI=1S/C15H24N2O/c1-11-7-12(2)9-17(8-11)10-15(18)13-3-5-14(16)6-4-13/h3-6,11-12,15,18H,7-10,16H2,1-2H3. The molecule has 0 saturated carbocycles. The Hall–Kier alpha value is -1.06. The number of piperidine rings is 1. The summed E-state index contributed by atoms with van der Waals surface area (Å²) in [5, 5.41) is 10.3. The summed E-state index contributed by atoms with van der Waals surface area (Å²) in [6.07, 6.45) is 0.886. The third-order valence-electron chi connectivity index (χ3n) is 3.70. The van der Waals surface area contributed by atoms with Crippen LogP contribution in [0.25, 0.3) is 0 Å². The van der Waals surface area contributed by atoms with Gasteiger partial charge in [-0.2, -0.15) is 0 Å². The fourth-order valence-electron chi connectivity index (χ4n) is 3.01. The Kier molecular flexibility index (Phi) is 4.25. The normalized spacial score (nSPS) is 27.1. The predicted octanol–water partition coefficient (Wildman–Crippen LogP) is 2.28. The van der Waals surface area contributed by atoms with Crippen molar-refractivity contribution in [1.29, 1.82) is 0 Å². The lowest BCUT2D eigenvalue weighted by atomic mass is 9.91.